The number of hydrogen-bond acceptors (Lipinski definition) is 2. The van der Waals surface area contributed by atoms with Gasteiger partial charge in [0.25, 0.3) is 0 Å². The minimum absolute atomic E-state index is 0.0480. The molecule has 0 heterocycles. The van der Waals surface area contributed by atoms with Crippen LogP contribution in [-0.4, -0.2) is 14.5 Å². The highest BCUT2D eigenvalue weighted by atomic mass is 79.9. The molecule has 0 aromatic carbocycles. The molecule has 0 aromatic heterocycles. The smallest absolute Gasteiger partial charge is 0.241 e. The number of nitrogens with two attached hydrogens (primary N) is 1. The van der Waals surface area contributed by atoms with Crippen molar-refractivity contribution in [1.29, 1.82) is 0 Å². The number of fused-ring (bicyclic) bond motifs is 1. The Bertz CT molecular complexity index is 347. The fourth-order valence-electron chi connectivity index (χ4n) is 3.83. The van der Waals surface area contributed by atoms with Gasteiger partial charge < -0.3 is 0 Å². The topological polar surface area (TPSA) is 55.1 Å². The van der Waals surface area contributed by atoms with Gasteiger partial charge >= 0.3 is 0 Å². The van der Waals surface area contributed by atoms with E-state index < -0.39 is 0 Å². The second-order valence-electron chi connectivity index (χ2n) is 5.27. The average molecular weight is 419 g/mol. The average Bonchev–Trinajstić information content (AvgIpc) is 2.66. The van der Waals surface area contributed by atoms with E-state index in [2.05, 4.69) is 67.1 Å². The summed E-state index contributed by atoms with van der Waals surface area (Å²) >= 11 is 11.0. The lowest BCUT2D eigenvalue weighted by atomic mass is 9.43. The molecule has 0 saturated heterocycles. The minimum atomic E-state index is -0.373. The van der Waals surface area contributed by atoms with E-state index >= 15 is 0 Å². The lowest BCUT2D eigenvalue weighted by molar-refractivity contribution is -0.161. The fraction of sp³-hybridized carbons (Fsp3) is 0.900. The van der Waals surface area contributed by atoms with Gasteiger partial charge in [-0.3, -0.25) is 10.2 Å². The molecule has 0 spiro atoms. The van der Waals surface area contributed by atoms with Crippen LogP contribution in [0.5, 0.6) is 0 Å². The maximum absolute atomic E-state index is 12.1. The van der Waals surface area contributed by atoms with Gasteiger partial charge in [-0.05, 0) is 18.3 Å². The molecule has 3 saturated carbocycles. The summed E-state index contributed by atoms with van der Waals surface area (Å²) in [5.41, 5.74) is 1.95. The van der Waals surface area contributed by atoms with E-state index in [0.717, 1.165) is 12.8 Å². The summed E-state index contributed by atoms with van der Waals surface area (Å²) in [5.74, 6) is 5.27. The molecule has 16 heavy (non-hydrogen) atoms. The van der Waals surface area contributed by atoms with E-state index in [0.29, 0.717) is 0 Å². The molecule has 1 amide bonds. The van der Waals surface area contributed by atoms with E-state index in [1.54, 1.807) is 0 Å². The Labute approximate surface area is 121 Å². The van der Waals surface area contributed by atoms with Gasteiger partial charge in [-0.1, -0.05) is 61.6 Å². The third-order valence-electron chi connectivity index (χ3n) is 5.02. The van der Waals surface area contributed by atoms with Crippen LogP contribution in [0.1, 0.15) is 26.7 Å². The van der Waals surface area contributed by atoms with Crippen LogP contribution in [0, 0.1) is 16.2 Å². The molecule has 92 valence electrons. The van der Waals surface area contributed by atoms with Crippen molar-refractivity contribution in [1.82, 2.24) is 5.43 Å². The molecule has 3 nitrogen and oxygen atoms in total. The number of carbonyl (C=O) groups is 1. The highest BCUT2D eigenvalue weighted by molar-refractivity contribution is 9.24. The van der Waals surface area contributed by atoms with E-state index in [9.17, 15) is 4.79 Å². The molecule has 0 unspecified atom stereocenters. The SMILES string of the molecule is CC1(C)[C@]2(C(=O)NN)CC[C@]1(C(Br)Br)[C@@H]2Br. The van der Waals surface area contributed by atoms with Gasteiger partial charge in [0.05, 0.1) is 9.15 Å². The normalized spacial score (nSPS) is 44.3. The number of rotatable bonds is 2. The second kappa shape index (κ2) is 3.68. The first-order valence-electron chi connectivity index (χ1n) is 5.22. The zero-order chi connectivity index (χ0) is 12.4. The van der Waals surface area contributed by atoms with Crippen molar-refractivity contribution in [2.24, 2.45) is 22.1 Å². The van der Waals surface area contributed by atoms with Gasteiger partial charge in [0.15, 0.2) is 0 Å². The van der Waals surface area contributed by atoms with Crippen molar-refractivity contribution in [2.75, 3.05) is 0 Å². The molecule has 3 N–H and O–H groups in total. The summed E-state index contributed by atoms with van der Waals surface area (Å²) in [7, 11) is 0. The Hall–Kier alpha value is 0.870. The van der Waals surface area contributed by atoms with Crippen LogP contribution in [0.2, 0.25) is 0 Å². The third-order valence-corrected chi connectivity index (χ3v) is 8.26. The number of halogens is 3. The molecular weight excluding hydrogens is 404 g/mol. The first-order valence-corrected chi connectivity index (χ1v) is 7.97. The van der Waals surface area contributed by atoms with E-state index in [1.807, 2.05) is 0 Å². The molecule has 3 aliphatic rings. The van der Waals surface area contributed by atoms with Gasteiger partial charge in [0, 0.05) is 10.2 Å². The Kier molecular flexibility index (Phi) is 3.06. The number of nitrogens with one attached hydrogen (secondary N) is 1. The number of hydrazine groups is 1. The molecule has 0 aliphatic heterocycles. The van der Waals surface area contributed by atoms with Gasteiger partial charge in [-0.2, -0.15) is 0 Å². The second-order valence-corrected chi connectivity index (χ2v) is 9.25. The van der Waals surface area contributed by atoms with Crippen LogP contribution < -0.4 is 11.3 Å². The van der Waals surface area contributed by atoms with Gasteiger partial charge in [-0.25, -0.2) is 5.84 Å². The number of alkyl halides is 3. The van der Waals surface area contributed by atoms with Crippen LogP contribution in [0.15, 0.2) is 0 Å². The molecule has 2 bridgehead atoms. The molecule has 3 aliphatic carbocycles. The molecule has 0 radical (unpaired) electrons. The molecule has 3 atom stereocenters. The van der Waals surface area contributed by atoms with Crippen molar-refractivity contribution in [3.8, 4) is 0 Å². The lowest BCUT2D eigenvalue weighted by Crippen LogP contribution is -2.72. The van der Waals surface area contributed by atoms with E-state index in [4.69, 9.17) is 5.84 Å². The number of carbonyl (C=O) groups excluding carboxylic acids is 1. The Morgan fingerprint density at radius 3 is 2.31 bits per heavy atom. The predicted octanol–water partition coefficient (Wildman–Crippen LogP) is 2.66. The maximum Gasteiger partial charge on any atom is 0.241 e. The van der Waals surface area contributed by atoms with Crippen molar-refractivity contribution in [2.45, 2.75) is 35.3 Å². The monoisotopic (exact) mass is 416 g/mol. The third kappa shape index (κ3) is 1.06. The zero-order valence-corrected chi connectivity index (χ0v) is 13.9. The van der Waals surface area contributed by atoms with Crippen molar-refractivity contribution >= 4 is 53.7 Å². The quantitative estimate of drug-likeness (QED) is 0.313. The van der Waals surface area contributed by atoms with Crippen LogP contribution in [0.3, 0.4) is 0 Å². The van der Waals surface area contributed by atoms with Crippen molar-refractivity contribution < 1.29 is 4.79 Å². The molecular formula is C10H15Br3N2O. The summed E-state index contributed by atoms with van der Waals surface area (Å²) in [4.78, 5) is 12.2. The highest BCUT2D eigenvalue weighted by Gasteiger charge is 2.83. The fourth-order valence-corrected chi connectivity index (χ4v) is 8.74. The van der Waals surface area contributed by atoms with Crippen LogP contribution in [0.4, 0.5) is 0 Å². The maximum atomic E-state index is 12.1. The molecule has 3 rings (SSSR count). The standard InChI is InChI=1S/C10H15Br3N2O/c1-8(2)9(6(12)13)3-4-10(8,5(9)11)7(16)15-14/h5-6H,3-4,14H2,1-2H3,(H,15,16)/t5-,9+,10+/m0/s1. The first-order chi connectivity index (χ1) is 7.29. The zero-order valence-electron chi connectivity index (χ0n) is 9.19. The Balaban J connectivity index is 2.46. The van der Waals surface area contributed by atoms with Crippen LogP contribution in [-0.2, 0) is 4.79 Å². The number of hydrogen-bond donors (Lipinski definition) is 2. The lowest BCUT2D eigenvalue weighted by Gasteiger charge is -2.65. The van der Waals surface area contributed by atoms with Crippen LogP contribution >= 0.6 is 47.8 Å². The summed E-state index contributed by atoms with van der Waals surface area (Å²) in [6.07, 6.45) is 1.90. The highest BCUT2D eigenvalue weighted by Crippen LogP contribution is 2.82. The minimum Gasteiger partial charge on any atom is -0.294 e. The van der Waals surface area contributed by atoms with Crippen LogP contribution in [0.25, 0.3) is 0 Å². The van der Waals surface area contributed by atoms with Gasteiger partial charge in [-0.15, -0.1) is 0 Å². The Morgan fingerprint density at radius 2 is 2.00 bits per heavy atom. The van der Waals surface area contributed by atoms with E-state index in [-0.39, 0.29) is 30.7 Å². The first kappa shape index (κ1) is 13.3. The number of amides is 1. The van der Waals surface area contributed by atoms with Crippen molar-refractivity contribution in [3.63, 3.8) is 0 Å². The molecule has 3 fully saturated rings. The molecule has 6 heteroatoms. The Morgan fingerprint density at radius 1 is 1.44 bits per heavy atom. The van der Waals surface area contributed by atoms with Gasteiger partial charge in [0.1, 0.15) is 0 Å². The predicted molar refractivity (Wildman–Crippen MR) is 74.6 cm³/mol. The molecule has 0 aromatic rings. The summed E-state index contributed by atoms with van der Waals surface area (Å²) < 4.78 is 0.202. The summed E-state index contributed by atoms with van der Waals surface area (Å²) in [6.45, 7) is 4.31. The van der Waals surface area contributed by atoms with Crippen molar-refractivity contribution in [3.05, 3.63) is 0 Å². The summed E-state index contributed by atoms with van der Waals surface area (Å²) in [6, 6.07) is 0. The summed E-state index contributed by atoms with van der Waals surface area (Å²) in [5, 5.41) is 0. The van der Waals surface area contributed by atoms with Gasteiger partial charge in [0.2, 0.25) is 5.91 Å². The van der Waals surface area contributed by atoms with E-state index in [1.165, 1.54) is 0 Å². The largest absolute Gasteiger partial charge is 0.294 e.